The molecular formula is C23H18FNO4. The molecule has 6 heteroatoms. The highest BCUT2D eigenvalue weighted by atomic mass is 19.1. The first-order valence-electron chi connectivity index (χ1n) is 9.07. The highest BCUT2D eigenvalue weighted by Gasteiger charge is 2.12. The molecule has 0 saturated heterocycles. The Balaban J connectivity index is 1.56. The van der Waals surface area contributed by atoms with Gasteiger partial charge in [-0.15, -0.1) is 0 Å². The standard InChI is InChI=1S/C23H18FNO4/c1-13-8-14(2)10-16(9-13)28-12-21(26)25-15-6-7-17-20(11-15)29-23-18(22(17)27)4-3-5-19(23)24/h3-11H,12H2,1-2H3,(H,25,26). The highest BCUT2D eigenvalue weighted by molar-refractivity contribution is 5.96. The average molecular weight is 391 g/mol. The zero-order valence-electron chi connectivity index (χ0n) is 15.9. The van der Waals surface area contributed by atoms with Crippen LogP contribution in [0.3, 0.4) is 0 Å². The van der Waals surface area contributed by atoms with Gasteiger partial charge >= 0.3 is 0 Å². The van der Waals surface area contributed by atoms with Crippen molar-refractivity contribution in [3.05, 3.63) is 81.8 Å². The van der Waals surface area contributed by atoms with E-state index in [1.165, 1.54) is 24.3 Å². The van der Waals surface area contributed by atoms with Crippen LogP contribution in [0.4, 0.5) is 10.1 Å². The highest BCUT2D eigenvalue weighted by Crippen LogP contribution is 2.23. The third kappa shape index (κ3) is 3.82. The number of carbonyl (C=O) groups excluding carboxylic acids is 1. The van der Waals surface area contributed by atoms with E-state index in [-0.39, 0.29) is 34.5 Å². The van der Waals surface area contributed by atoms with Crippen molar-refractivity contribution in [3.63, 3.8) is 0 Å². The first-order valence-corrected chi connectivity index (χ1v) is 9.07. The third-order valence-corrected chi connectivity index (χ3v) is 4.50. The maximum Gasteiger partial charge on any atom is 0.262 e. The zero-order valence-corrected chi connectivity index (χ0v) is 15.9. The summed E-state index contributed by atoms with van der Waals surface area (Å²) in [6.07, 6.45) is 0. The van der Waals surface area contributed by atoms with E-state index in [1.54, 1.807) is 12.1 Å². The summed E-state index contributed by atoms with van der Waals surface area (Å²) in [5, 5.41) is 3.19. The van der Waals surface area contributed by atoms with Gasteiger partial charge in [0, 0.05) is 11.8 Å². The van der Waals surface area contributed by atoms with Gasteiger partial charge in [0.15, 0.2) is 18.0 Å². The molecule has 1 aromatic heterocycles. The van der Waals surface area contributed by atoms with Crippen LogP contribution >= 0.6 is 0 Å². The summed E-state index contributed by atoms with van der Waals surface area (Å²) in [7, 11) is 0. The molecule has 0 radical (unpaired) electrons. The monoisotopic (exact) mass is 391 g/mol. The topological polar surface area (TPSA) is 68.5 Å². The van der Waals surface area contributed by atoms with Gasteiger partial charge in [-0.25, -0.2) is 4.39 Å². The summed E-state index contributed by atoms with van der Waals surface area (Å²) in [5.41, 5.74) is 2.28. The normalized spacial score (nSPS) is 11.0. The number of amides is 1. The Labute approximate surface area is 165 Å². The first kappa shape index (κ1) is 18.7. The van der Waals surface area contributed by atoms with E-state index in [9.17, 15) is 14.0 Å². The van der Waals surface area contributed by atoms with Gasteiger partial charge in [-0.2, -0.15) is 0 Å². The molecule has 0 fully saturated rings. The Morgan fingerprint density at radius 1 is 1.03 bits per heavy atom. The molecule has 0 bridgehead atoms. The van der Waals surface area contributed by atoms with Crippen molar-refractivity contribution in [2.24, 2.45) is 0 Å². The van der Waals surface area contributed by atoms with Gasteiger partial charge < -0.3 is 14.5 Å². The van der Waals surface area contributed by atoms with Crippen LogP contribution in [0.15, 0.2) is 63.8 Å². The number of rotatable bonds is 4. The van der Waals surface area contributed by atoms with Crippen LogP contribution in [0.1, 0.15) is 11.1 Å². The minimum Gasteiger partial charge on any atom is -0.484 e. The molecule has 5 nitrogen and oxygen atoms in total. The lowest BCUT2D eigenvalue weighted by Crippen LogP contribution is -2.20. The smallest absolute Gasteiger partial charge is 0.262 e. The molecule has 146 valence electrons. The number of aryl methyl sites for hydroxylation is 2. The van der Waals surface area contributed by atoms with Gasteiger partial charge in [-0.1, -0.05) is 12.1 Å². The van der Waals surface area contributed by atoms with Crippen LogP contribution in [0, 0.1) is 19.7 Å². The lowest BCUT2D eigenvalue weighted by atomic mass is 10.1. The van der Waals surface area contributed by atoms with Crippen LogP contribution in [-0.2, 0) is 4.79 Å². The number of anilines is 1. The molecule has 3 aromatic carbocycles. The summed E-state index contributed by atoms with van der Waals surface area (Å²) in [5.74, 6) is -0.361. The minimum atomic E-state index is -0.613. The average Bonchev–Trinajstić information content (AvgIpc) is 2.67. The van der Waals surface area contributed by atoms with E-state index in [0.29, 0.717) is 16.8 Å². The number of ether oxygens (including phenoxy) is 1. The number of hydrogen-bond donors (Lipinski definition) is 1. The van der Waals surface area contributed by atoms with Gasteiger partial charge in [0.05, 0.1) is 10.8 Å². The van der Waals surface area contributed by atoms with Crippen LogP contribution < -0.4 is 15.5 Å². The number of halogens is 1. The number of benzene rings is 3. The molecule has 4 rings (SSSR count). The quantitative estimate of drug-likeness (QED) is 0.511. The van der Waals surface area contributed by atoms with Gasteiger partial charge in [-0.05, 0) is 61.4 Å². The van der Waals surface area contributed by atoms with Gasteiger partial charge in [0.2, 0.25) is 5.43 Å². The second-order valence-corrected chi connectivity index (χ2v) is 6.92. The van der Waals surface area contributed by atoms with Gasteiger partial charge in [0.1, 0.15) is 11.3 Å². The van der Waals surface area contributed by atoms with Crippen molar-refractivity contribution < 1.29 is 18.3 Å². The Kier molecular flexibility index (Phi) is 4.76. The molecule has 0 unspecified atom stereocenters. The molecule has 0 atom stereocenters. The van der Waals surface area contributed by atoms with Crippen molar-refractivity contribution >= 4 is 33.5 Å². The largest absolute Gasteiger partial charge is 0.484 e. The molecule has 4 aromatic rings. The van der Waals surface area contributed by atoms with Crippen molar-refractivity contribution in [2.45, 2.75) is 13.8 Å². The summed E-state index contributed by atoms with van der Waals surface area (Å²) in [4.78, 5) is 24.8. The summed E-state index contributed by atoms with van der Waals surface area (Å²) in [6, 6.07) is 14.6. The van der Waals surface area contributed by atoms with Crippen molar-refractivity contribution in [1.82, 2.24) is 0 Å². The maximum atomic E-state index is 14.0. The predicted molar refractivity (Wildman–Crippen MR) is 110 cm³/mol. The Bertz CT molecular complexity index is 1290. The van der Waals surface area contributed by atoms with E-state index in [4.69, 9.17) is 9.15 Å². The summed E-state index contributed by atoms with van der Waals surface area (Å²) < 4.78 is 25.1. The molecule has 0 saturated carbocycles. The molecule has 1 heterocycles. The van der Waals surface area contributed by atoms with Crippen molar-refractivity contribution in [1.29, 1.82) is 0 Å². The van der Waals surface area contributed by atoms with E-state index >= 15 is 0 Å². The Hall–Kier alpha value is -3.67. The molecule has 0 spiro atoms. The second-order valence-electron chi connectivity index (χ2n) is 6.92. The number of carbonyl (C=O) groups is 1. The predicted octanol–water partition coefficient (Wildman–Crippen LogP) is 4.72. The SMILES string of the molecule is Cc1cc(C)cc(OCC(=O)Nc2ccc3c(=O)c4cccc(F)c4oc3c2)c1. The lowest BCUT2D eigenvalue weighted by molar-refractivity contribution is -0.118. The number of para-hydroxylation sites is 1. The van der Waals surface area contributed by atoms with E-state index in [1.807, 2.05) is 32.0 Å². The minimum absolute atomic E-state index is 0.105. The van der Waals surface area contributed by atoms with E-state index < -0.39 is 5.82 Å². The van der Waals surface area contributed by atoms with Gasteiger partial charge in [-0.3, -0.25) is 9.59 Å². The van der Waals surface area contributed by atoms with Gasteiger partial charge in [0.25, 0.3) is 5.91 Å². The third-order valence-electron chi connectivity index (χ3n) is 4.50. The first-order chi connectivity index (χ1) is 13.9. The second kappa shape index (κ2) is 7.39. The van der Waals surface area contributed by atoms with Crippen molar-refractivity contribution in [2.75, 3.05) is 11.9 Å². The van der Waals surface area contributed by atoms with E-state index in [2.05, 4.69) is 5.32 Å². The molecular weight excluding hydrogens is 373 g/mol. The lowest BCUT2D eigenvalue weighted by Gasteiger charge is -2.10. The fourth-order valence-corrected chi connectivity index (χ4v) is 3.28. The molecule has 1 N–H and O–H groups in total. The summed E-state index contributed by atoms with van der Waals surface area (Å²) in [6.45, 7) is 3.74. The summed E-state index contributed by atoms with van der Waals surface area (Å²) >= 11 is 0. The Morgan fingerprint density at radius 2 is 1.79 bits per heavy atom. The number of nitrogens with one attached hydrogen (secondary N) is 1. The van der Waals surface area contributed by atoms with Crippen LogP contribution in [0.5, 0.6) is 5.75 Å². The zero-order chi connectivity index (χ0) is 20.5. The van der Waals surface area contributed by atoms with Crippen LogP contribution in [0.2, 0.25) is 0 Å². The molecule has 1 amide bonds. The Morgan fingerprint density at radius 3 is 2.55 bits per heavy atom. The molecule has 0 aliphatic carbocycles. The molecule has 0 aliphatic heterocycles. The maximum absolute atomic E-state index is 14.0. The fraction of sp³-hybridized carbons (Fsp3) is 0.130. The van der Waals surface area contributed by atoms with Crippen LogP contribution in [-0.4, -0.2) is 12.5 Å². The molecule has 29 heavy (non-hydrogen) atoms. The fourth-order valence-electron chi connectivity index (χ4n) is 3.28. The number of hydrogen-bond acceptors (Lipinski definition) is 4. The van der Waals surface area contributed by atoms with E-state index in [0.717, 1.165) is 11.1 Å². The number of fused-ring (bicyclic) bond motifs is 2. The van der Waals surface area contributed by atoms with Crippen molar-refractivity contribution in [3.8, 4) is 5.75 Å². The molecule has 0 aliphatic rings. The van der Waals surface area contributed by atoms with Crippen LogP contribution in [0.25, 0.3) is 21.9 Å².